The van der Waals surface area contributed by atoms with Crippen molar-refractivity contribution in [2.75, 3.05) is 18.5 Å². The number of hydrogen-bond acceptors (Lipinski definition) is 5. The number of ether oxygens (including phenoxy) is 1. The standard InChI is InChI=1S/C17H18F2N2O3/c1-3-24-16(22)12-5-4-8-20-15(12)21-10-17(2,23)13-7-6-11(18)9-14(13)19/h4-9,23H,3,10H2,1-2H3,(H,20,21). The Hall–Kier alpha value is -2.54. The summed E-state index contributed by atoms with van der Waals surface area (Å²) in [6.07, 6.45) is 1.47. The SMILES string of the molecule is CCOC(=O)c1cccnc1NCC(C)(O)c1ccc(F)cc1F. The summed E-state index contributed by atoms with van der Waals surface area (Å²) in [4.78, 5) is 15.9. The van der Waals surface area contributed by atoms with Crippen molar-refractivity contribution in [1.82, 2.24) is 4.98 Å². The van der Waals surface area contributed by atoms with Crippen LogP contribution in [0.4, 0.5) is 14.6 Å². The molecular formula is C17H18F2N2O3. The number of nitrogens with zero attached hydrogens (tertiary/aromatic N) is 1. The van der Waals surface area contributed by atoms with E-state index in [4.69, 9.17) is 4.74 Å². The molecule has 128 valence electrons. The summed E-state index contributed by atoms with van der Waals surface area (Å²) in [7, 11) is 0. The Kier molecular flexibility index (Phi) is 5.46. The highest BCUT2D eigenvalue weighted by molar-refractivity contribution is 5.94. The Labute approximate surface area is 138 Å². The first-order valence-corrected chi connectivity index (χ1v) is 7.39. The average molecular weight is 336 g/mol. The molecule has 1 aromatic heterocycles. The predicted octanol–water partition coefficient (Wildman–Crippen LogP) is 2.86. The van der Waals surface area contributed by atoms with Gasteiger partial charge in [-0.2, -0.15) is 0 Å². The number of carbonyl (C=O) groups excluding carboxylic acids is 1. The predicted molar refractivity (Wildman–Crippen MR) is 84.6 cm³/mol. The van der Waals surface area contributed by atoms with E-state index < -0.39 is 23.2 Å². The molecule has 1 aromatic carbocycles. The lowest BCUT2D eigenvalue weighted by atomic mass is 9.95. The molecule has 1 unspecified atom stereocenters. The summed E-state index contributed by atoms with van der Waals surface area (Å²) in [5.41, 5.74) is -1.50. The van der Waals surface area contributed by atoms with Gasteiger partial charge in [0.2, 0.25) is 0 Å². The molecule has 1 heterocycles. The Bertz CT molecular complexity index is 736. The lowest BCUT2D eigenvalue weighted by Crippen LogP contribution is -2.32. The quantitative estimate of drug-likeness (QED) is 0.794. The van der Waals surface area contributed by atoms with Gasteiger partial charge in [0.25, 0.3) is 0 Å². The van der Waals surface area contributed by atoms with Crippen LogP contribution in [0.3, 0.4) is 0 Å². The third kappa shape index (κ3) is 4.05. The zero-order valence-electron chi connectivity index (χ0n) is 13.3. The lowest BCUT2D eigenvalue weighted by molar-refractivity contribution is 0.0524. The summed E-state index contributed by atoms with van der Waals surface area (Å²) in [5, 5.41) is 13.3. The Balaban J connectivity index is 2.19. The summed E-state index contributed by atoms with van der Waals surface area (Å²) in [6, 6.07) is 6.05. The van der Waals surface area contributed by atoms with E-state index in [0.717, 1.165) is 6.07 Å². The van der Waals surface area contributed by atoms with Crippen molar-refractivity contribution in [2.24, 2.45) is 0 Å². The number of pyridine rings is 1. The van der Waals surface area contributed by atoms with E-state index >= 15 is 0 Å². The molecule has 1 atom stereocenters. The number of halogens is 2. The minimum atomic E-state index is -1.64. The zero-order valence-corrected chi connectivity index (χ0v) is 13.3. The normalized spacial score (nSPS) is 13.2. The molecule has 0 bridgehead atoms. The van der Waals surface area contributed by atoms with Crippen LogP contribution in [-0.4, -0.2) is 29.2 Å². The van der Waals surface area contributed by atoms with Gasteiger partial charge < -0.3 is 15.2 Å². The average Bonchev–Trinajstić information content (AvgIpc) is 2.53. The van der Waals surface area contributed by atoms with Crippen LogP contribution in [0.5, 0.6) is 0 Å². The van der Waals surface area contributed by atoms with Crippen LogP contribution in [0.25, 0.3) is 0 Å². The van der Waals surface area contributed by atoms with E-state index in [-0.39, 0.29) is 30.1 Å². The fourth-order valence-electron chi connectivity index (χ4n) is 2.20. The molecule has 0 amide bonds. The van der Waals surface area contributed by atoms with E-state index in [1.165, 1.54) is 25.3 Å². The molecule has 0 aliphatic heterocycles. The second-order valence-corrected chi connectivity index (χ2v) is 5.37. The van der Waals surface area contributed by atoms with Crippen LogP contribution in [0.15, 0.2) is 36.5 Å². The molecule has 0 fully saturated rings. The van der Waals surface area contributed by atoms with Gasteiger partial charge in [0.05, 0.1) is 6.61 Å². The lowest BCUT2D eigenvalue weighted by Gasteiger charge is -2.25. The van der Waals surface area contributed by atoms with Crippen molar-refractivity contribution in [1.29, 1.82) is 0 Å². The molecule has 2 N–H and O–H groups in total. The van der Waals surface area contributed by atoms with Crippen LogP contribution in [-0.2, 0) is 10.3 Å². The first kappa shape index (κ1) is 17.8. The van der Waals surface area contributed by atoms with Crippen LogP contribution < -0.4 is 5.32 Å². The van der Waals surface area contributed by atoms with Gasteiger partial charge in [0, 0.05) is 24.4 Å². The van der Waals surface area contributed by atoms with Crippen molar-refractivity contribution in [3.63, 3.8) is 0 Å². The third-order valence-corrected chi connectivity index (χ3v) is 3.41. The molecule has 0 radical (unpaired) electrons. The number of carbonyl (C=O) groups is 1. The Morgan fingerprint density at radius 2 is 2.12 bits per heavy atom. The number of benzene rings is 1. The number of aromatic nitrogens is 1. The fourth-order valence-corrected chi connectivity index (χ4v) is 2.20. The number of aliphatic hydroxyl groups is 1. The van der Waals surface area contributed by atoms with Crippen LogP contribution in [0.2, 0.25) is 0 Å². The summed E-state index contributed by atoms with van der Waals surface area (Å²) < 4.78 is 31.8. The van der Waals surface area contributed by atoms with Crippen molar-refractivity contribution < 1.29 is 23.4 Å². The van der Waals surface area contributed by atoms with Gasteiger partial charge in [0.1, 0.15) is 28.6 Å². The molecule has 0 spiro atoms. The first-order valence-electron chi connectivity index (χ1n) is 7.39. The van der Waals surface area contributed by atoms with Crippen molar-refractivity contribution in [3.05, 3.63) is 59.3 Å². The molecule has 5 nitrogen and oxygen atoms in total. The maximum Gasteiger partial charge on any atom is 0.341 e. The molecule has 0 aliphatic rings. The highest BCUT2D eigenvalue weighted by Gasteiger charge is 2.27. The second-order valence-electron chi connectivity index (χ2n) is 5.37. The van der Waals surface area contributed by atoms with Gasteiger partial charge in [0.15, 0.2) is 0 Å². The number of nitrogens with one attached hydrogen (secondary N) is 1. The van der Waals surface area contributed by atoms with Gasteiger partial charge in [-0.3, -0.25) is 0 Å². The first-order chi connectivity index (χ1) is 11.3. The van der Waals surface area contributed by atoms with Crippen molar-refractivity contribution in [3.8, 4) is 0 Å². The molecular weight excluding hydrogens is 318 g/mol. The minimum Gasteiger partial charge on any atom is -0.462 e. The van der Waals surface area contributed by atoms with E-state index in [0.29, 0.717) is 6.07 Å². The monoisotopic (exact) mass is 336 g/mol. The molecule has 0 aliphatic carbocycles. The van der Waals surface area contributed by atoms with Crippen LogP contribution >= 0.6 is 0 Å². The minimum absolute atomic E-state index is 0.0648. The molecule has 7 heteroatoms. The van der Waals surface area contributed by atoms with Gasteiger partial charge in [-0.05, 0) is 32.0 Å². The maximum atomic E-state index is 13.9. The van der Waals surface area contributed by atoms with Crippen LogP contribution in [0, 0.1) is 11.6 Å². The highest BCUT2D eigenvalue weighted by Crippen LogP contribution is 2.25. The highest BCUT2D eigenvalue weighted by atomic mass is 19.1. The van der Waals surface area contributed by atoms with Gasteiger partial charge in [-0.25, -0.2) is 18.6 Å². The van der Waals surface area contributed by atoms with Crippen molar-refractivity contribution in [2.45, 2.75) is 19.4 Å². The zero-order chi connectivity index (χ0) is 17.7. The number of rotatable bonds is 6. The number of anilines is 1. The molecule has 2 rings (SSSR count). The Morgan fingerprint density at radius 1 is 1.38 bits per heavy atom. The largest absolute Gasteiger partial charge is 0.462 e. The molecule has 0 saturated carbocycles. The van der Waals surface area contributed by atoms with Crippen molar-refractivity contribution >= 4 is 11.8 Å². The maximum absolute atomic E-state index is 13.9. The number of hydrogen-bond donors (Lipinski definition) is 2. The number of esters is 1. The van der Waals surface area contributed by atoms with Crippen LogP contribution in [0.1, 0.15) is 29.8 Å². The molecule has 2 aromatic rings. The summed E-state index contributed by atoms with van der Waals surface area (Å²) >= 11 is 0. The topological polar surface area (TPSA) is 71.5 Å². The van der Waals surface area contributed by atoms with E-state index in [2.05, 4.69) is 10.3 Å². The van der Waals surface area contributed by atoms with E-state index in [1.54, 1.807) is 13.0 Å². The fraction of sp³-hybridized carbons (Fsp3) is 0.294. The Morgan fingerprint density at radius 3 is 2.79 bits per heavy atom. The summed E-state index contributed by atoms with van der Waals surface area (Å²) in [6.45, 7) is 3.14. The second kappa shape index (κ2) is 7.35. The summed E-state index contributed by atoms with van der Waals surface area (Å²) in [5.74, 6) is -1.93. The van der Waals surface area contributed by atoms with Gasteiger partial charge >= 0.3 is 5.97 Å². The van der Waals surface area contributed by atoms with Gasteiger partial charge in [-0.1, -0.05) is 6.07 Å². The van der Waals surface area contributed by atoms with E-state index in [1.807, 2.05) is 0 Å². The molecule has 0 saturated heterocycles. The third-order valence-electron chi connectivity index (χ3n) is 3.41. The smallest absolute Gasteiger partial charge is 0.341 e. The van der Waals surface area contributed by atoms with E-state index in [9.17, 15) is 18.7 Å². The van der Waals surface area contributed by atoms with Gasteiger partial charge in [-0.15, -0.1) is 0 Å². The molecule has 24 heavy (non-hydrogen) atoms.